The van der Waals surface area contributed by atoms with Crippen LogP contribution in [0.2, 0.25) is 0 Å². The molecular weight excluding hydrogens is 679 g/mol. The molecule has 0 rings (SSSR count). The summed E-state index contributed by atoms with van der Waals surface area (Å²) in [5, 5.41) is 9.60. The first-order valence-corrected chi connectivity index (χ1v) is 21.7. The summed E-state index contributed by atoms with van der Waals surface area (Å²) in [6, 6.07) is -0.616. The third-order valence-electron chi connectivity index (χ3n) is 9.46. The van der Waals surface area contributed by atoms with Gasteiger partial charge < -0.3 is 23.8 Å². The number of carbonyl (C=O) groups excluding carboxylic acids is 2. The predicted molar refractivity (Wildman–Crippen MR) is 224 cm³/mol. The highest BCUT2D eigenvalue weighted by atomic mass is 16.6. The number of allylic oxidation sites excluding steroid dienone is 8. The van der Waals surface area contributed by atoms with Crippen LogP contribution in [0.4, 0.5) is 0 Å². The second-order valence-electron chi connectivity index (χ2n) is 15.6. The number of hydrogen-bond donors (Lipinski definition) is 1. The van der Waals surface area contributed by atoms with Gasteiger partial charge in [0.05, 0.1) is 34.4 Å². The van der Waals surface area contributed by atoms with Crippen LogP contribution in [-0.2, 0) is 28.6 Å². The molecule has 1 N–H and O–H groups in total. The van der Waals surface area contributed by atoms with Crippen LogP contribution in [0.25, 0.3) is 0 Å². The number of quaternary nitrogens is 1. The number of rotatable bonds is 38. The molecule has 0 saturated carbocycles. The summed E-state index contributed by atoms with van der Waals surface area (Å²) in [7, 11) is 5.52. The molecular formula is C46H82NO7+. The van der Waals surface area contributed by atoms with E-state index in [4.69, 9.17) is 14.2 Å². The fourth-order valence-electron chi connectivity index (χ4n) is 6.09. The lowest BCUT2D eigenvalue weighted by atomic mass is 10.0. The van der Waals surface area contributed by atoms with Crippen LogP contribution in [0.3, 0.4) is 0 Å². The molecule has 0 fully saturated rings. The van der Waals surface area contributed by atoms with E-state index in [-0.39, 0.29) is 36.2 Å². The van der Waals surface area contributed by atoms with Crippen LogP contribution < -0.4 is 0 Å². The Bertz CT molecular complexity index is 1030. The van der Waals surface area contributed by atoms with Gasteiger partial charge in [-0.05, 0) is 64.2 Å². The number of ether oxygens (including phenoxy) is 3. The van der Waals surface area contributed by atoms with E-state index in [2.05, 4.69) is 62.5 Å². The van der Waals surface area contributed by atoms with E-state index >= 15 is 0 Å². The van der Waals surface area contributed by atoms with Gasteiger partial charge in [0.2, 0.25) is 0 Å². The highest BCUT2D eigenvalue weighted by Gasteiger charge is 2.31. The molecule has 0 saturated heterocycles. The molecule has 0 aromatic rings. The third-order valence-corrected chi connectivity index (χ3v) is 9.46. The van der Waals surface area contributed by atoms with Crippen molar-refractivity contribution < 1.29 is 38.2 Å². The molecule has 0 aliphatic carbocycles. The largest absolute Gasteiger partial charge is 0.477 e. The molecule has 2 atom stereocenters. The molecule has 0 aliphatic rings. The number of carbonyl (C=O) groups is 3. The summed E-state index contributed by atoms with van der Waals surface area (Å²) in [5.74, 6) is -1.49. The molecule has 312 valence electrons. The van der Waals surface area contributed by atoms with Crippen molar-refractivity contribution in [3.05, 3.63) is 48.6 Å². The van der Waals surface area contributed by atoms with Crippen LogP contribution in [0.5, 0.6) is 0 Å². The molecule has 0 aliphatic heterocycles. The Labute approximate surface area is 331 Å². The van der Waals surface area contributed by atoms with Crippen molar-refractivity contribution in [3.63, 3.8) is 0 Å². The lowest BCUT2D eigenvalue weighted by Crippen LogP contribution is -2.50. The minimum absolute atomic E-state index is 0.0556. The van der Waals surface area contributed by atoms with E-state index in [0.29, 0.717) is 19.3 Å². The summed E-state index contributed by atoms with van der Waals surface area (Å²) in [6.07, 6.45) is 43.0. The Morgan fingerprint density at radius 1 is 0.574 bits per heavy atom. The molecule has 0 radical (unpaired) electrons. The molecule has 0 heterocycles. The fourth-order valence-corrected chi connectivity index (χ4v) is 6.09. The van der Waals surface area contributed by atoms with Gasteiger partial charge in [-0.3, -0.25) is 9.59 Å². The fraction of sp³-hybridized carbons (Fsp3) is 0.761. The number of nitrogens with zero attached hydrogens (tertiary/aromatic N) is 1. The first-order valence-electron chi connectivity index (χ1n) is 21.7. The zero-order valence-corrected chi connectivity index (χ0v) is 35.4. The molecule has 54 heavy (non-hydrogen) atoms. The molecule has 0 bridgehead atoms. The van der Waals surface area contributed by atoms with Crippen molar-refractivity contribution in [3.8, 4) is 0 Å². The van der Waals surface area contributed by atoms with Gasteiger partial charge in [-0.15, -0.1) is 0 Å². The Morgan fingerprint density at radius 3 is 1.56 bits per heavy atom. The molecule has 8 nitrogen and oxygen atoms in total. The lowest BCUT2D eigenvalue weighted by molar-refractivity contribution is -0.887. The van der Waals surface area contributed by atoms with Gasteiger partial charge in [-0.1, -0.05) is 140 Å². The van der Waals surface area contributed by atoms with Gasteiger partial charge in [0, 0.05) is 19.3 Å². The first-order chi connectivity index (χ1) is 26.1. The van der Waals surface area contributed by atoms with Crippen LogP contribution in [0, 0.1) is 0 Å². The molecule has 2 unspecified atom stereocenters. The Kier molecular flexibility index (Phi) is 35.4. The summed E-state index contributed by atoms with van der Waals surface area (Å²) < 4.78 is 17.2. The summed E-state index contributed by atoms with van der Waals surface area (Å²) in [5.41, 5.74) is 0. The summed E-state index contributed by atoms with van der Waals surface area (Å²) in [6.45, 7) is 4.56. The number of likely N-dealkylation sites (N-methyl/N-ethyl adjacent to an activating group) is 1. The van der Waals surface area contributed by atoms with Gasteiger partial charge in [-0.25, -0.2) is 4.79 Å². The Morgan fingerprint density at radius 2 is 1.04 bits per heavy atom. The Hall–Kier alpha value is -2.71. The standard InChI is InChI=1S/C46H81NO7/c1-6-8-10-12-14-16-18-19-20-21-22-23-24-25-26-27-29-31-33-35-37-45(49)54-42(40-52-39-38-43(46(50)51)47(3,4)5)41-53-44(48)36-34-32-30-28-17-15-13-11-9-7-2/h8,10,13-16,19-20,42-43H,6-7,9,11-12,17-18,21-41H2,1-5H3/p+1/b10-8+,15-13+,16-14+,20-19+. The van der Waals surface area contributed by atoms with E-state index in [1.165, 1.54) is 64.2 Å². The average molecular weight is 761 g/mol. The molecule has 0 aromatic carbocycles. The Balaban J connectivity index is 4.29. The zero-order chi connectivity index (χ0) is 40.0. The van der Waals surface area contributed by atoms with Crippen molar-refractivity contribution in [2.45, 2.75) is 187 Å². The number of carboxylic acids is 1. The number of unbranched alkanes of at least 4 members (excludes halogenated alkanes) is 16. The minimum Gasteiger partial charge on any atom is -0.477 e. The van der Waals surface area contributed by atoms with Crippen molar-refractivity contribution in [1.82, 2.24) is 0 Å². The molecule has 0 amide bonds. The smallest absolute Gasteiger partial charge is 0.362 e. The van der Waals surface area contributed by atoms with Gasteiger partial charge in [0.1, 0.15) is 6.61 Å². The number of hydrogen-bond acceptors (Lipinski definition) is 6. The second kappa shape index (κ2) is 37.2. The van der Waals surface area contributed by atoms with E-state index in [1.54, 1.807) is 0 Å². The van der Waals surface area contributed by atoms with Gasteiger partial charge in [0.25, 0.3) is 0 Å². The SMILES string of the molecule is CC/C=C/C/C=C/C/C=C/CCCCCCCCCCCCC(=O)OC(COCCC(C(=O)O)[N+](C)(C)C)COC(=O)CCCCCC/C=C/CCCC. The highest BCUT2D eigenvalue weighted by Crippen LogP contribution is 2.14. The van der Waals surface area contributed by atoms with E-state index in [9.17, 15) is 19.5 Å². The predicted octanol–water partition coefficient (Wildman–Crippen LogP) is 11.6. The highest BCUT2D eigenvalue weighted by molar-refractivity contribution is 5.72. The average Bonchev–Trinajstić information content (AvgIpc) is 3.12. The van der Waals surface area contributed by atoms with E-state index < -0.39 is 18.1 Å². The first kappa shape index (κ1) is 51.3. The molecule has 8 heteroatoms. The number of carboxylic acid groups (broad SMARTS) is 1. The van der Waals surface area contributed by atoms with Crippen molar-refractivity contribution in [1.29, 1.82) is 0 Å². The van der Waals surface area contributed by atoms with E-state index in [0.717, 1.165) is 77.0 Å². The van der Waals surface area contributed by atoms with Crippen LogP contribution in [-0.4, -0.2) is 80.6 Å². The third kappa shape index (κ3) is 35.0. The summed E-state index contributed by atoms with van der Waals surface area (Å²) >= 11 is 0. The van der Waals surface area contributed by atoms with Gasteiger partial charge >= 0.3 is 17.9 Å². The van der Waals surface area contributed by atoms with E-state index in [1.807, 2.05) is 21.1 Å². The second-order valence-corrected chi connectivity index (χ2v) is 15.6. The minimum atomic E-state index is -0.879. The molecule has 0 aromatic heterocycles. The maximum absolute atomic E-state index is 12.7. The maximum Gasteiger partial charge on any atom is 0.362 e. The lowest BCUT2D eigenvalue weighted by Gasteiger charge is -2.31. The summed E-state index contributed by atoms with van der Waals surface area (Å²) in [4.78, 5) is 36.9. The topological polar surface area (TPSA) is 99.1 Å². The van der Waals surface area contributed by atoms with Crippen molar-refractivity contribution in [2.24, 2.45) is 0 Å². The zero-order valence-electron chi connectivity index (χ0n) is 35.4. The van der Waals surface area contributed by atoms with Crippen molar-refractivity contribution >= 4 is 17.9 Å². The van der Waals surface area contributed by atoms with Gasteiger partial charge in [-0.2, -0.15) is 0 Å². The van der Waals surface area contributed by atoms with Crippen LogP contribution in [0.1, 0.15) is 174 Å². The monoisotopic (exact) mass is 761 g/mol. The maximum atomic E-state index is 12.7. The van der Waals surface area contributed by atoms with Gasteiger partial charge in [0.15, 0.2) is 12.1 Å². The normalized spacial score (nSPS) is 13.4. The number of aliphatic carboxylic acids is 1. The van der Waals surface area contributed by atoms with Crippen LogP contribution >= 0.6 is 0 Å². The molecule has 0 spiro atoms. The quantitative estimate of drug-likeness (QED) is 0.0289. The number of esters is 2. The van der Waals surface area contributed by atoms with Crippen molar-refractivity contribution in [2.75, 3.05) is 41.0 Å². The van der Waals surface area contributed by atoms with Crippen LogP contribution in [0.15, 0.2) is 48.6 Å².